The van der Waals surface area contributed by atoms with Gasteiger partial charge in [0.05, 0.1) is 47.9 Å². The Hall–Kier alpha value is -11.7. The zero-order chi connectivity index (χ0) is 91.7. The number of unbranched alkanes of at least 4 members (excludes halogenated alkanes) is 1. The molecule has 0 aliphatic carbocycles. The molecule has 0 spiro atoms. The lowest BCUT2D eigenvalue weighted by molar-refractivity contribution is -0.172. The van der Waals surface area contributed by atoms with Crippen molar-refractivity contribution in [2.24, 2.45) is 11.8 Å². The third-order valence-electron chi connectivity index (χ3n) is 20.7. The number of aromatic nitrogens is 2. The fraction of sp³-hybridized carbons (Fsp3) is 0.575. The zero-order valence-corrected chi connectivity index (χ0v) is 73.5. The number of phenols is 1. The highest BCUT2D eigenvalue weighted by molar-refractivity contribution is 6.13. The summed E-state index contributed by atoms with van der Waals surface area (Å²) in [5.74, 6) is -11.1. The minimum atomic E-state index is -2.03. The van der Waals surface area contributed by atoms with Gasteiger partial charge in [-0.3, -0.25) is 72.0 Å². The van der Waals surface area contributed by atoms with E-state index in [-0.39, 0.29) is 132 Å². The largest absolute Gasteiger partial charge is 0.506 e. The lowest BCUT2D eigenvalue weighted by Crippen LogP contribution is -2.57. The molecule has 0 unspecified atom stereocenters. The van der Waals surface area contributed by atoms with E-state index in [1.807, 2.05) is 6.92 Å². The summed E-state index contributed by atoms with van der Waals surface area (Å²) < 4.78 is 27.9. The van der Waals surface area contributed by atoms with Crippen molar-refractivity contribution in [3.05, 3.63) is 92.8 Å². The Morgan fingerprint density at radius 2 is 1.22 bits per heavy atom. The lowest BCUT2D eigenvalue weighted by Gasteiger charge is -2.31. The van der Waals surface area contributed by atoms with Crippen LogP contribution in [0.2, 0.25) is 0 Å². The van der Waals surface area contributed by atoms with Crippen LogP contribution in [0.15, 0.2) is 59.4 Å². The first-order valence-corrected chi connectivity index (χ1v) is 42.2. The maximum atomic E-state index is 14.7. The van der Waals surface area contributed by atoms with E-state index >= 15 is 0 Å². The summed E-state index contributed by atoms with van der Waals surface area (Å²) in [6.07, 6.45) is 2.32. The standard InChI is InChI=1S/C87H122N14O23/c1-16-22-55-56-43-54(27-29-60(56)96-75-57(55)45-101-64(75)44-59-58(82(101)116)46-122-83(117)87(59,119)17-2)92-76(110)50(7)90-81(115)74(49(5)6)99-79(113)62(95-66(103)24-20-37-89-78(112)61(23-18-19-36-88-69(106)47-121-40-39-120-15)94-67(104)25-21-38-100-70(107)33-34-71(100)108)30-32-68(105)98-73(48(3)4)80(114)91-51(8)77(111)97-63-42-52(26-31-65(63)102)41-53(93-84(118)124-86(12,13)14)28-35-72(109)123-85(9,10)11/h26-27,29,31,33-34,42-44,48-51,53,61-62,73-74,102,119H,16-25,28,30,32,35-41,45-47H2,1-15H3,(H,88,106)(H,89,112)(H,90,115)(H,91,114)(H,92,110)(H,93,118)(H,94,104)(H,95,103)(H,97,111)(H,98,105)(H,99,113)/t50-,51-,53+,61-,62-,73-,74-,87-/m0/s1. The van der Waals surface area contributed by atoms with E-state index in [4.69, 9.17) is 28.7 Å². The second kappa shape index (κ2) is 45.6. The number of nitrogens with one attached hydrogen (secondary N) is 11. The van der Waals surface area contributed by atoms with Gasteiger partial charge in [0.1, 0.15) is 66.4 Å². The highest BCUT2D eigenvalue weighted by Gasteiger charge is 2.46. The molecule has 2 aromatic carbocycles. The van der Waals surface area contributed by atoms with Crippen LogP contribution in [0.5, 0.6) is 5.75 Å². The molecule has 0 fully saturated rings. The zero-order valence-electron chi connectivity index (χ0n) is 73.5. The number of esters is 2. The van der Waals surface area contributed by atoms with Crippen LogP contribution in [0.3, 0.4) is 0 Å². The van der Waals surface area contributed by atoms with E-state index < -0.39 is 172 Å². The van der Waals surface area contributed by atoms with Gasteiger partial charge in [-0.05, 0) is 179 Å². The highest BCUT2D eigenvalue weighted by atomic mass is 16.6. The van der Waals surface area contributed by atoms with Crippen molar-refractivity contribution in [2.45, 2.75) is 265 Å². The number of rotatable bonds is 46. The minimum absolute atomic E-state index is 0.0328. The average molecular weight is 1730 g/mol. The van der Waals surface area contributed by atoms with Crippen molar-refractivity contribution in [1.29, 1.82) is 0 Å². The number of aromatic hydroxyl groups is 1. The molecule has 13 amide bonds. The number of carbonyl (C=O) groups excluding carboxylic acids is 15. The second-order valence-electron chi connectivity index (χ2n) is 33.8. The van der Waals surface area contributed by atoms with Crippen molar-refractivity contribution in [1.82, 2.24) is 62.3 Å². The number of carbonyl (C=O) groups is 15. The summed E-state index contributed by atoms with van der Waals surface area (Å²) in [5.41, 5.74) is 0.137. The molecular formula is C87H122N14O23. The molecule has 13 N–H and O–H groups in total. The molecule has 3 aliphatic rings. The number of benzene rings is 2. The van der Waals surface area contributed by atoms with Crippen LogP contribution < -0.4 is 64.0 Å². The van der Waals surface area contributed by atoms with Crippen molar-refractivity contribution < 1.29 is 106 Å². The predicted molar refractivity (Wildman–Crippen MR) is 455 cm³/mol. The first-order valence-electron chi connectivity index (χ1n) is 42.2. The van der Waals surface area contributed by atoms with Gasteiger partial charge in [0.2, 0.25) is 59.1 Å². The number of aliphatic hydroxyl groups is 1. The van der Waals surface area contributed by atoms with Crippen molar-refractivity contribution >= 4 is 111 Å². The number of hydrogen-bond acceptors (Lipinski definition) is 24. The van der Waals surface area contributed by atoms with E-state index in [0.29, 0.717) is 65.8 Å². The Bertz CT molecular complexity index is 4680. The number of anilines is 2. The van der Waals surface area contributed by atoms with Gasteiger partial charge in [0.15, 0.2) is 5.60 Å². The van der Waals surface area contributed by atoms with Gasteiger partial charge in [-0.1, -0.05) is 54.0 Å². The number of methoxy groups -OCH3 is 1. The van der Waals surface area contributed by atoms with Gasteiger partial charge in [0.25, 0.3) is 17.4 Å². The average Bonchev–Trinajstić information content (AvgIpc) is 1.55. The number of alkyl carbamates (subject to hydrolysis) is 1. The molecule has 8 atom stereocenters. The number of aryl methyl sites for hydroxylation is 1. The molecule has 2 aromatic heterocycles. The second-order valence-corrected chi connectivity index (χ2v) is 33.8. The van der Waals surface area contributed by atoms with Crippen LogP contribution in [0.1, 0.15) is 208 Å². The summed E-state index contributed by atoms with van der Waals surface area (Å²) in [4.78, 5) is 222. The van der Waals surface area contributed by atoms with Gasteiger partial charge in [0, 0.05) is 92.8 Å². The SMILES string of the molecule is CCCc1c2c(nc3ccc(NC(=O)[C@H](C)NC(=O)[C@@H](NC(=O)[C@H](CCC(=O)N[C@H](C(=O)N[C@@H](C)C(=O)Nc4cc(C[C@@H](CCC(=O)OC(C)(C)C)NC(=O)OC(C)(C)C)ccc4O)C(C)C)NC(=O)CCCNC(=O)[C@H](CCCCNC(=O)COCCOC)NC(=O)CCCN4C(=O)C=CC4=O)C(C)C)cc13)-c1cc3c(c(=O)n1C2)COC(=O)[C@]3(O)CC. The number of imide groups is 1. The Kier molecular flexibility index (Phi) is 36.5. The maximum Gasteiger partial charge on any atom is 0.407 e. The molecule has 124 heavy (non-hydrogen) atoms. The Morgan fingerprint density at radius 3 is 1.84 bits per heavy atom. The first kappa shape index (κ1) is 99.4. The van der Waals surface area contributed by atoms with E-state index in [1.165, 1.54) is 33.1 Å². The molecule has 5 heterocycles. The number of hydrogen-bond donors (Lipinski definition) is 13. The molecule has 0 radical (unpaired) electrons. The third-order valence-corrected chi connectivity index (χ3v) is 20.7. The molecule has 7 rings (SSSR count). The van der Waals surface area contributed by atoms with E-state index in [0.717, 1.165) is 28.2 Å². The number of phenolic OH excluding ortho intramolecular Hbond substituents is 1. The number of pyridine rings is 2. The van der Waals surface area contributed by atoms with Gasteiger partial charge < -0.3 is 96.9 Å². The minimum Gasteiger partial charge on any atom is -0.506 e. The van der Waals surface area contributed by atoms with Crippen LogP contribution in [-0.4, -0.2) is 214 Å². The van der Waals surface area contributed by atoms with E-state index in [2.05, 4.69) is 58.5 Å². The van der Waals surface area contributed by atoms with Crippen LogP contribution in [-0.2, 0) is 122 Å². The van der Waals surface area contributed by atoms with Gasteiger partial charge in [-0.25, -0.2) is 14.6 Å². The number of cyclic esters (lactones) is 1. The van der Waals surface area contributed by atoms with Crippen molar-refractivity contribution in [2.75, 3.05) is 57.2 Å². The number of fused-ring (bicyclic) bond motifs is 5. The molecule has 37 heteroatoms. The molecule has 3 aliphatic heterocycles. The fourth-order valence-corrected chi connectivity index (χ4v) is 14.1. The van der Waals surface area contributed by atoms with Gasteiger partial charge >= 0.3 is 18.0 Å². The van der Waals surface area contributed by atoms with E-state index in [1.54, 1.807) is 111 Å². The third kappa shape index (κ3) is 28.9. The topological polar surface area (TPSA) is 513 Å². The smallest absolute Gasteiger partial charge is 0.407 e. The summed E-state index contributed by atoms with van der Waals surface area (Å²) >= 11 is 0. The van der Waals surface area contributed by atoms with Gasteiger partial charge in [-0.15, -0.1) is 0 Å². The number of nitrogens with zero attached hydrogens (tertiary/aromatic N) is 3. The Labute approximate surface area is 720 Å². The number of amides is 13. The summed E-state index contributed by atoms with van der Waals surface area (Å²) in [5, 5.41) is 52.7. The predicted octanol–water partition coefficient (Wildman–Crippen LogP) is 4.46. The maximum absolute atomic E-state index is 14.7. The van der Waals surface area contributed by atoms with Crippen LogP contribution >= 0.6 is 0 Å². The normalized spacial score (nSPS) is 15.8. The van der Waals surface area contributed by atoms with Crippen LogP contribution in [0.4, 0.5) is 16.2 Å². The monoisotopic (exact) mass is 1730 g/mol. The van der Waals surface area contributed by atoms with Gasteiger partial charge in [-0.2, -0.15) is 0 Å². The van der Waals surface area contributed by atoms with Crippen LogP contribution in [0, 0.1) is 11.8 Å². The summed E-state index contributed by atoms with van der Waals surface area (Å²) in [7, 11) is 1.49. The number of ether oxygens (including phenoxy) is 5. The Morgan fingerprint density at radius 1 is 0.605 bits per heavy atom. The quantitative estimate of drug-likeness (QED) is 0.00840. The molecular weight excluding hydrogens is 1610 g/mol. The Balaban J connectivity index is 1.03. The molecule has 0 saturated carbocycles. The molecule has 4 aromatic rings. The van der Waals surface area contributed by atoms with E-state index in [9.17, 15) is 86.9 Å². The van der Waals surface area contributed by atoms with Crippen LogP contribution in [0.25, 0.3) is 22.3 Å². The van der Waals surface area contributed by atoms with Crippen molar-refractivity contribution in [3.63, 3.8) is 0 Å². The molecule has 0 saturated heterocycles. The molecule has 37 nitrogen and oxygen atoms in total. The highest BCUT2D eigenvalue weighted by Crippen LogP contribution is 2.41. The summed E-state index contributed by atoms with van der Waals surface area (Å²) in [6.45, 7) is 23.3. The van der Waals surface area contributed by atoms with Crippen molar-refractivity contribution in [3.8, 4) is 17.1 Å². The molecule has 678 valence electrons. The molecule has 0 bridgehead atoms. The lowest BCUT2D eigenvalue weighted by atomic mass is 9.86. The first-order chi connectivity index (χ1) is 58.4. The fourth-order valence-electron chi connectivity index (χ4n) is 14.1. The summed E-state index contributed by atoms with van der Waals surface area (Å²) in [6, 6.07) is 2.44.